The fraction of sp³-hybridized carbons (Fsp3) is 0.526. The maximum atomic E-state index is 12.7. The fourth-order valence-corrected chi connectivity index (χ4v) is 3.44. The molecule has 1 aromatic carbocycles. The summed E-state index contributed by atoms with van der Waals surface area (Å²) in [7, 11) is 0. The second-order valence-corrected chi connectivity index (χ2v) is 6.89. The third kappa shape index (κ3) is 4.99. The summed E-state index contributed by atoms with van der Waals surface area (Å²) in [5.74, 6) is 0.268. The summed E-state index contributed by atoms with van der Waals surface area (Å²) in [6, 6.07) is 6.89. The van der Waals surface area contributed by atoms with Gasteiger partial charge in [0, 0.05) is 18.5 Å². The van der Waals surface area contributed by atoms with E-state index in [0.29, 0.717) is 11.6 Å². The summed E-state index contributed by atoms with van der Waals surface area (Å²) in [6.07, 6.45) is 2.01. The number of hydrogen-bond donors (Lipinski definition) is 3. The third-order valence-electron chi connectivity index (χ3n) is 5.01. The number of piperidine rings is 1. The van der Waals surface area contributed by atoms with Crippen molar-refractivity contribution in [1.29, 1.82) is 0 Å². The van der Waals surface area contributed by atoms with Gasteiger partial charge in [-0.05, 0) is 44.8 Å². The van der Waals surface area contributed by atoms with Gasteiger partial charge in [-0.25, -0.2) is 0 Å². The fourth-order valence-electron chi connectivity index (χ4n) is 3.44. The molecule has 27 heavy (non-hydrogen) atoms. The summed E-state index contributed by atoms with van der Waals surface area (Å²) < 4.78 is 0. The van der Waals surface area contributed by atoms with Gasteiger partial charge in [0.15, 0.2) is 5.69 Å². The number of halogens is 1. The van der Waals surface area contributed by atoms with Crippen molar-refractivity contribution in [3.63, 3.8) is 0 Å². The Hall–Kier alpha value is -2.12. The molecule has 0 saturated carbocycles. The van der Waals surface area contributed by atoms with Gasteiger partial charge in [-0.15, -0.1) is 12.4 Å². The van der Waals surface area contributed by atoms with E-state index in [1.54, 1.807) is 6.92 Å². The van der Waals surface area contributed by atoms with E-state index in [4.69, 9.17) is 0 Å². The van der Waals surface area contributed by atoms with Crippen molar-refractivity contribution in [2.45, 2.75) is 32.7 Å². The highest BCUT2D eigenvalue weighted by Gasteiger charge is 2.27. The van der Waals surface area contributed by atoms with Crippen LogP contribution in [0.15, 0.2) is 24.3 Å². The molecule has 1 aromatic heterocycles. The number of rotatable bonds is 6. The minimum absolute atomic E-state index is 0. The number of carbonyl (C=O) groups excluding carboxylic acids is 2. The normalized spacial score (nSPS) is 16.0. The smallest absolute Gasteiger partial charge is 0.273 e. The highest BCUT2D eigenvalue weighted by molar-refractivity contribution is 6.05. The highest BCUT2D eigenvalue weighted by atomic mass is 35.5. The molecule has 0 spiro atoms. The minimum Gasteiger partial charge on any atom is -0.341 e. The second-order valence-electron chi connectivity index (χ2n) is 6.89. The molecule has 1 fully saturated rings. The Labute approximate surface area is 165 Å². The maximum Gasteiger partial charge on any atom is 0.273 e. The van der Waals surface area contributed by atoms with Crippen LogP contribution in [0.1, 0.15) is 37.2 Å². The predicted molar refractivity (Wildman–Crippen MR) is 108 cm³/mol. The first-order valence-corrected chi connectivity index (χ1v) is 9.33. The largest absolute Gasteiger partial charge is 0.341 e. The van der Waals surface area contributed by atoms with E-state index < -0.39 is 6.04 Å². The molecule has 1 aliphatic rings. The van der Waals surface area contributed by atoms with Gasteiger partial charge in [0.2, 0.25) is 5.91 Å². The zero-order chi connectivity index (χ0) is 18.5. The molecule has 8 heteroatoms. The molecule has 1 aliphatic heterocycles. The first kappa shape index (κ1) is 21.2. The monoisotopic (exact) mass is 393 g/mol. The molecule has 2 heterocycles. The Morgan fingerprint density at radius 2 is 2.00 bits per heavy atom. The Morgan fingerprint density at radius 3 is 2.70 bits per heavy atom. The summed E-state index contributed by atoms with van der Waals surface area (Å²) in [5.41, 5.74) is 1.13. The quantitative estimate of drug-likeness (QED) is 0.699. The van der Waals surface area contributed by atoms with Crippen molar-refractivity contribution >= 4 is 35.1 Å². The number of benzene rings is 1. The van der Waals surface area contributed by atoms with Gasteiger partial charge in [0.1, 0.15) is 6.04 Å². The van der Waals surface area contributed by atoms with Crippen LogP contribution >= 0.6 is 12.4 Å². The van der Waals surface area contributed by atoms with E-state index in [-0.39, 0.29) is 24.2 Å². The number of aromatic nitrogens is 2. The lowest BCUT2D eigenvalue weighted by Gasteiger charge is -2.33. The average Bonchev–Trinajstić information content (AvgIpc) is 3.10. The molecule has 0 bridgehead atoms. The first-order chi connectivity index (χ1) is 12.6. The van der Waals surface area contributed by atoms with Gasteiger partial charge in [-0.1, -0.05) is 25.1 Å². The lowest BCUT2D eigenvalue weighted by Crippen LogP contribution is -2.50. The van der Waals surface area contributed by atoms with Gasteiger partial charge in [0.05, 0.1) is 5.52 Å². The van der Waals surface area contributed by atoms with E-state index in [1.165, 1.54) is 0 Å². The molecular weight excluding hydrogens is 366 g/mol. The topological polar surface area (TPSA) is 90.1 Å². The van der Waals surface area contributed by atoms with Crippen LogP contribution in [-0.4, -0.2) is 59.1 Å². The van der Waals surface area contributed by atoms with Gasteiger partial charge < -0.3 is 15.5 Å². The first-order valence-electron chi connectivity index (χ1n) is 9.33. The number of H-pyrrole nitrogens is 1. The Morgan fingerprint density at radius 1 is 1.30 bits per heavy atom. The number of hydrogen-bond acceptors (Lipinski definition) is 4. The van der Waals surface area contributed by atoms with E-state index in [0.717, 1.165) is 49.9 Å². The molecule has 1 atom stereocenters. The van der Waals surface area contributed by atoms with Gasteiger partial charge in [0.25, 0.3) is 5.91 Å². The number of nitrogens with one attached hydrogen (secondary N) is 3. The molecule has 0 radical (unpaired) electrons. The zero-order valence-corrected chi connectivity index (χ0v) is 16.6. The SMILES string of the molecule is CCNCC1CCN(C(=O)C(C)NC(=O)c2n[nH]c3ccccc23)CC1.Cl. The molecule has 0 aliphatic carbocycles. The molecule has 7 nitrogen and oxygen atoms in total. The number of likely N-dealkylation sites (tertiary alicyclic amines) is 1. The van der Waals surface area contributed by atoms with Crippen LogP contribution in [0.3, 0.4) is 0 Å². The highest BCUT2D eigenvalue weighted by Crippen LogP contribution is 2.18. The molecule has 3 rings (SSSR count). The number of fused-ring (bicyclic) bond motifs is 1. The van der Waals surface area contributed by atoms with Crippen molar-refractivity contribution < 1.29 is 9.59 Å². The van der Waals surface area contributed by atoms with Crippen LogP contribution in [0.5, 0.6) is 0 Å². The van der Waals surface area contributed by atoms with Crippen LogP contribution in [0.25, 0.3) is 10.9 Å². The standard InChI is InChI=1S/C19H27N5O2.ClH/c1-3-20-12-14-8-10-24(11-9-14)19(26)13(2)21-18(25)17-15-6-4-5-7-16(15)22-23-17;/h4-7,13-14,20H,3,8-12H2,1-2H3,(H,21,25)(H,22,23);1H. The number of carbonyl (C=O) groups is 2. The van der Waals surface area contributed by atoms with Crippen LogP contribution in [-0.2, 0) is 4.79 Å². The summed E-state index contributed by atoms with van der Waals surface area (Å²) in [5, 5.41) is 13.9. The lowest BCUT2D eigenvalue weighted by atomic mass is 9.96. The van der Waals surface area contributed by atoms with Gasteiger partial charge in [-0.3, -0.25) is 14.7 Å². The number of aromatic amines is 1. The van der Waals surface area contributed by atoms with E-state index >= 15 is 0 Å². The molecule has 1 unspecified atom stereocenters. The van der Waals surface area contributed by atoms with Crippen molar-refractivity contribution in [1.82, 2.24) is 25.7 Å². The van der Waals surface area contributed by atoms with Crippen molar-refractivity contribution in [3.05, 3.63) is 30.0 Å². The summed E-state index contributed by atoms with van der Waals surface area (Å²) >= 11 is 0. The van der Waals surface area contributed by atoms with Crippen molar-refractivity contribution in [2.24, 2.45) is 5.92 Å². The second kappa shape index (κ2) is 9.71. The Balaban J connectivity index is 0.00000261. The molecule has 1 saturated heterocycles. The summed E-state index contributed by atoms with van der Waals surface area (Å²) in [6.45, 7) is 7.33. The van der Waals surface area contributed by atoms with Gasteiger partial charge in [-0.2, -0.15) is 5.10 Å². The molecule has 148 valence electrons. The predicted octanol–water partition coefficient (Wildman–Crippen LogP) is 1.95. The lowest BCUT2D eigenvalue weighted by molar-refractivity contribution is -0.134. The van der Waals surface area contributed by atoms with E-state index in [9.17, 15) is 9.59 Å². The Kier molecular flexibility index (Phi) is 7.62. The minimum atomic E-state index is -0.566. The van der Waals surface area contributed by atoms with E-state index in [1.807, 2.05) is 29.2 Å². The third-order valence-corrected chi connectivity index (χ3v) is 5.01. The maximum absolute atomic E-state index is 12.7. The number of para-hydroxylation sites is 1. The molecule has 2 aromatic rings. The van der Waals surface area contributed by atoms with Crippen LogP contribution in [0, 0.1) is 5.92 Å². The van der Waals surface area contributed by atoms with Crippen LogP contribution in [0.2, 0.25) is 0 Å². The number of amides is 2. The summed E-state index contributed by atoms with van der Waals surface area (Å²) in [4.78, 5) is 27.0. The van der Waals surface area contributed by atoms with E-state index in [2.05, 4.69) is 27.8 Å². The molecule has 2 amide bonds. The molecular formula is C19H28ClN5O2. The van der Waals surface area contributed by atoms with Crippen molar-refractivity contribution in [3.8, 4) is 0 Å². The van der Waals surface area contributed by atoms with Crippen LogP contribution < -0.4 is 10.6 Å². The molecule has 3 N–H and O–H groups in total. The average molecular weight is 394 g/mol. The van der Waals surface area contributed by atoms with Crippen LogP contribution in [0.4, 0.5) is 0 Å². The van der Waals surface area contributed by atoms with Gasteiger partial charge >= 0.3 is 0 Å². The van der Waals surface area contributed by atoms with Crippen molar-refractivity contribution in [2.75, 3.05) is 26.2 Å². The Bertz CT molecular complexity index is 770. The number of nitrogens with zero attached hydrogens (tertiary/aromatic N) is 2. The zero-order valence-electron chi connectivity index (χ0n) is 15.8.